The summed E-state index contributed by atoms with van der Waals surface area (Å²) in [5, 5.41) is 2.93. The van der Waals surface area contributed by atoms with Gasteiger partial charge in [0.25, 0.3) is 5.91 Å². The molecule has 2 aromatic rings. The molecule has 0 fully saturated rings. The summed E-state index contributed by atoms with van der Waals surface area (Å²) in [4.78, 5) is 12.6. The summed E-state index contributed by atoms with van der Waals surface area (Å²) in [6, 6.07) is 11.6. The van der Waals surface area contributed by atoms with Crippen LogP contribution in [0.25, 0.3) is 0 Å². The number of benzene rings is 2. The number of carbonyl (C=O) groups excluding carboxylic acids is 1. The lowest BCUT2D eigenvalue weighted by atomic mass is 10.1. The van der Waals surface area contributed by atoms with E-state index < -0.39 is 10.0 Å². The first-order valence-corrected chi connectivity index (χ1v) is 9.75. The van der Waals surface area contributed by atoms with Crippen molar-refractivity contribution in [1.29, 1.82) is 0 Å². The van der Waals surface area contributed by atoms with Crippen LogP contribution >= 0.6 is 0 Å². The molecule has 2 aromatic carbocycles. The number of nitrogens with one attached hydrogen (secondary N) is 2. The van der Waals surface area contributed by atoms with Crippen molar-refractivity contribution < 1.29 is 13.2 Å². The zero-order valence-corrected chi connectivity index (χ0v) is 15.8. The Morgan fingerprint density at radius 2 is 1.72 bits per heavy atom. The van der Waals surface area contributed by atoms with Crippen molar-refractivity contribution in [2.45, 2.75) is 45.1 Å². The van der Waals surface area contributed by atoms with Crippen LogP contribution in [0.3, 0.4) is 0 Å². The van der Waals surface area contributed by atoms with Gasteiger partial charge in [-0.25, -0.2) is 13.1 Å². The fourth-order valence-electron chi connectivity index (χ4n) is 2.55. The smallest absolute Gasteiger partial charge is 0.255 e. The normalized spacial score (nSPS) is 11.6. The van der Waals surface area contributed by atoms with E-state index in [2.05, 4.69) is 10.0 Å². The molecule has 0 aliphatic heterocycles. The third-order valence-electron chi connectivity index (χ3n) is 3.80. The van der Waals surface area contributed by atoms with E-state index in [1.165, 1.54) is 24.3 Å². The average Bonchev–Trinajstić information content (AvgIpc) is 2.55. The summed E-state index contributed by atoms with van der Waals surface area (Å²) in [6.07, 6.45) is 0.815. The van der Waals surface area contributed by atoms with E-state index in [4.69, 9.17) is 0 Å². The molecule has 0 spiro atoms. The molecule has 25 heavy (non-hydrogen) atoms. The van der Waals surface area contributed by atoms with Gasteiger partial charge in [0.15, 0.2) is 0 Å². The number of rotatable bonds is 6. The molecule has 2 N–H and O–H groups in total. The maximum absolute atomic E-state index is 12.5. The van der Waals surface area contributed by atoms with Crippen LogP contribution in [0.1, 0.15) is 42.3 Å². The molecule has 0 bridgehead atoms. The van der Waals surface area contributed by atoms with Gasteiger partial charge in [0.05, 0.1) is 4.90 Å². The third-order valence-corrected chi connectivity index (χ3v) is 5.47. The van der Waals surface area contributed by atoms with Gasteiger partial charge in [-0.15, -0.1) is 0 Å². The van der Waals surface area contributed by atoms with Crippen LogP contribution in [0.2, 0.25) is 0 Å². The minimum Gasteiger partial charge on any atom is -0.321 e. The maximum atomic E-state index is 12.5. The van der Waals surface area contributed by atoms with Crippen molar-refractivity contribution in [1.82, 2.24) is 4.72 Å². The Kier molecular flexibility index (Phi) is 5.98. The number of anilines is 1. The van der Waals surface area contributed by atoms with E-state index in [0.29, 0.717) is 5.56 Å². The molecule has 0 saturated carbocycles. The molecule has 5 nitrogen and oxygen atoms in total. The van der Waals surface area contributed by atoms with Gasteiger partial charge in [0.2, 0.25) is 10.0 Å². The lowest BCUT2D eigenvalue weighted by Gasteiger charge is -2.13. The fraction of sp³-hybridized carbons (Fsp3) is 0.316. The Balaban J connectivity index is 2.22. The van der Waals surface area contributed by atoms with Crippen molar-refractivity contribution in [3.05, 3.63) is 59.2 Å². The Labute approximate surface area is 149 Å². The van der Waals surface area contributed by atoms with Gasteiger partial charge in [-0.1, -0.05) is 25.1 Å². The average molecular weight is 360 g/mol. The molecule has 0 aliphatic rings. The SMILES string of the molecule is CCc1cccc(C)c1NC(=O)c1ccc(S(=O)(=O)NC(C)C)cc1. The first-order valence-electron chi connectivity index (χ1n) is 8.27. The van der Waals surface area contributed by atoms with Crippen LogP contribution < -0.4 is 10.0 Å². The number of carbonyl (C=O) groups is 1. The van der Waals surface area contributed by atoms with Crippen LogP contribution in [-0.4, -0.2) is 20.4 Å². The second-order valence-corrected chi connectivity index (χ2v) is 7.93. The number of sulfonamides is 1. The molecule has 0 aromatic heterocycles. The summed E-state index contributed by atoms with van der Waals surface area (Å²) in [6.45, 7) is 7.49. The minimum atomic E-state index is -3.56. The van der Waals surface area contributed by atoms with Gasteiger partial charge in [-0.2, -0.15) is 0 Å². The maximum Gasteiger partial charge on any atom is 0.255 e. The molecule has 0 saturated heterocycles. The van der Waals surface area contributed by atoms with Crippen LogP contribution in [0.15, 0.2) is 47.4 Å². The molecule has 2 rings (SSSR count). The summed E-state index contributed by atoms with van der Waals surface area (Å²) in [5.41, 5.74) is 3.28. The van der Waals surface area contributed by atoms with Crippen LogP contribution in [0.5, 0.6) is 0 Å². The van der Waals surface area contributed by atoms with Crippen molar-refractivity contribution in [3.63, 3.8) is 0 Å². The van der Waals surface area contributed by atoms with Gasteiger partial charge >= 0.3 is 0 Å². The van der Waals surface area contributed by atoms with Gasteiger partial charge < -0.3 is 5.32 Å². The summed E-state index contributed by atoms with van der Waals surface area (Å²) in [5.74, 6) is -0.259. The van der Waals surface area contributed by atoms with Gasteiger partial charge in [-0.05, 0) is 62.6 Å². The zero-order chi connectivity index (χ0) is 18.6. The third kappa shape index (κ3) is 4.67. The lowest BCUT2D eigenvalue weighted by molar-refractivity contribution is 0.102. The van der Waals surface area contributed by atoms with E-state index >= 15 is 0 Å². The monoisotopic (exact) mass is 360 g/mol. The lowest BCUT2D eigenvalue weighted by Crippen LogP contribution is -2.30. The predicted molar refractivity (Wildman–Crippen MR) is 100 cm³/mol. The van der Waals surface area contributed by atoms with E-state index in [-0.39, 0.29) is 16.8 Å². The second-order valence-electron chi connectivity index (χ2n) is 6.22. The highest BCUT2D eigenvalue weighted by molar-refractivity contribution is 7.89. The molecule has 0 radical (unpaired) electrons. The molecule has 0 aliphatic carbocycles. The molecular weight excluding hydrogens is 336 g/mol. The first-order chi connectivity index (χ1) is 11.7. The van der Waals surface area contributed by atoms with E-state index in [0.717, 1.165) is 23.2 Å². The van der Waals surface area contributed by atoms with Gasteiger partial charge in [0.1, 0.15) is 0 Å². The predicted octanol–water partition coefficient (Wildman–Crippen LogP) is 3.50. The Morgan fingerprint density at radius 1 is 1.08 bits per heavy atom. The molecular formula is C19H24N2O3S. The van der Waals surface area contributed by atoms with E-state index in [1.807, 2.05) is 32.0 Å². The number of para-hydroxylation sites is 1. The summed E-state index contributed by atoms with van der Waals surface area (Å²) < 4.78 is 26.8. The Hall–Kier alpha value is -2.18. The molecule has 0 heterocycles. The largest absolute Gasteiger partial charge is 0.321 e. The van der Waals surface area contributed by atoms with Crippen LogP contribution in [0, 0.1) is 6.92 Å². The fourth-order valence-corrected chi connectivity index (χ4v) is 3.80. The Bertz CT molecular complexity index is 857. The summed E-state index contributed by atoms with van der Waals surface area (Å²) in [7, 11) is -3.56. The standard InChI is InChI=1S/C19H24N2O3S/c1-5-15-8-6-7-14(4)18(15)20-19(22)16-9-11-17(12-10-16)25(23,24)21-13(2)3/h6-13,21H,5H2,1-4H3,(H,20,22). The van der Waals surface area contributed by atoms with E-state index in [9.17, 15) is 13.2 Å². The highest BCUT2D eigenvalue weighted by Crippen LogP contribution is 2.22. The number of aryl methyl sites for hydroxylation is 2. The van der Waals surface area contributed by atoms with Crippen molar-refractivity contribution in [3.8, 4) is 0 Å². The quantitative estimate of drug-likeness (QED) is 0.828. The molecule has 1 amide bonds. The summed E-state index contributed by atoms with van der Waals surface area (Å²) >= 11 is 0. The van der Waals surface area contributed by atoms with E-state index in [1.54, 1.807) is 13.8 Å². The number of hydrogen-bond donors (Lipinski definition) is 2. The number of hydrogen-bond acceptors (Lipinski definition) is 3. The minimum absolute atomic E-state index is 0.142. The van der Waals surface area contributed by atoms with Crippen LogP contribution in [0.4, 0.5) is 5.69 Å². The van der Waals surface area contributed by atoms with Crippen molar-refractivity contribution >= 4 is 21.6 Å². The first kappa shape index (κ1) is 19.1. The second kappa shape index (κ2) is 7.80. The van der Waals surface area contributed by atoms with Crippen molar-refractivity contribution in [2.24, 2.45) is 0 Å². The highest BCUT2D eigenvalue weighted by atomic mass is 32.2. The van der Waals surface area contributed by atoms with Crippen LogP contribution in [-0.2, 0) is 16.4 Å². The van der Waals surface area contributed by atoms with Gasteiger partial charge in [-0.3, -0.25) is 4.79 Å². The molecule has 0 unspecified atom stereocenters. The molecule has 6 heteroatoms. The Morgan fingerprint density at radius 3 is 2.28 bits per heavy atom. The highest BCUT2D eigenvalue weighted by Gasteiger charge is 2.16. The van der Waals surface area contributed by atoms with Gasteiger partial charge in [0, 0.05) is 17.3 Å². The topological polar surface area (TPSA) is 75.3 Å². The molecule has 0 atom stereocenters. The zero-order valence-electron chi connectivity index (χ0n) is 15.0. The number of amides is 1. The molecule has 134 valence electrons. The van der Waals surface area contributed by atoms with Crippen molar-refractivity contribution in [2.75, 3.05) is 5.32 Å².